The molecule has 0 heterocycles. The molecule has 1 aromatic carbocycles. The van der Waals surface area contributed by atoms with Gasteiger partial charge in [0.15, 0.2) is 0 Å². The van der Waals surface area contributed by atoms with Gasteiger partial charge in [0.05, 0.1) is 14.3 Å². The number of carboxylic acids is 1. The maximum absolute atomic E-state index is 12.1. The summed E-state index contributed by atoms with van der Waals surface area (Å²) in [5.41, 5.74) is -0.280. The summed E-state index contributed by atoms with van der Waals surface area (Å²) in [4.78, 5) is 20.7. The van der Waals surface area contributed by atoms with Crippen LogP contribution in [0.5, 0.6) is 0 Å². The van der Waals surface area contributed by atoms with Crippen LogP contribution < -0.4 is 4.72 Å². The van der Waals surface area contributed by atoms with Gasteiger partial charge in [-0.1, -0.05) is 13.3 Å². The maximum Gasteiger partial charge on any atom is 0.321 e. The summed E-state index contributed by atoms with van der Waals surface area (Å²) in [5, 5.41) is 19.6. The zero-order valence-electron chi connectivity index (χ0n) is 10.9. The Bertz CT molecular complexity index is 661. The predicted octanol–water partition coefficient (Wildman–Crippen LogP) is 1.89. The first-order chi connectivity index (χ1) is 9.69. The minimum Gasteiger partial charge on any atom is -0.480 e. The number of nitro groups is 1. The molecule has 0 aliphatic rings. The molecule has 10 heteroatoms. The number of benzene rings is 1. The fourth-order valence-corrected chi connectivity index (χ4v) is 3.50. The van der Waals surface area contributed by atoms with E-state index in [9.17, 15) is 23.3 Å². The van der Waals surface area contributed by atoms with E-state index in [1.807, 2.05) is 0 Å². The Hall–Kier alpha value is -1.52. The van der Waals surface area contributed by atoms with Crippen LogP contribution in [0.4, 0.5) is 5.69 Å². The number of halogens is 1. The monoisotopic (exact) mass is 380 g/mol. The van der Waals surface area contributed by atoms with Gasteiger partial charge in [0.25, 0.3) is 5.69 Å². The van der Waals surface area contributed by atoms with Gasteiger partial charge in [-0.05, 0) is 34.5 Å². The van der Waals surface area contributed by atoms with Crippen molar-refractivity contribution in [1.82, 2.24) is 4.72 Å². The molecule has 0 aliphatic heterocycles. The fourth-order valence-electron chi connectivity index (χ4n) is 1.58. The van der Waals surface area contributed by atoms with Crippen molar-refractivity contribution in [2.75, 3.05) is 0 Å². The second-order valence-corrected chi connectivity index (χ2v) is 6.74. The van der Waals surface area contributed by atoms with Crippen LogP contribution in [0.3, 0.4) is 0 Å². The number of hydrogen-bond acceptors (Lipinski definition) is 5. The molecule has 0 fully saturated rings. The Balaban J connectivity index is 3.10. The zero-order valence-corrected chi connectivity index (χ0v) is 13.3. The van der Waals surface area contributed by atoms with Crippen molar-refractivity contribution in [2.45, 2.75) is 30.7 Å². The van der Waals surface area contributed by atoms with Crippen molar-refractivity contribution in [3.05, 3.63) is 32.8 Å². The number of aliphatic carboxylic acids is 1. The highest BCUT2D eigenvalue weighted by molar-refractivity contribution is 9.10. The molecule has 0 spiro atoms. The number of nitrogens with zero attached hydrogens (tertiary/aromatic N) is 1. The Labute approximate surface area is 129 Å². The minimum absolute atomic E-state index is 0.00209. The van der Waals surface area contributed by atoms with E-state index in [2.05, 4.69) is 20.7 Å². The van der Waals surface area contributed by atoms with Crippen LogP contribution in [0.15, 0.2) is 27.6 Å². The summed E-state index contributed by atoms with van der Waals surface area (Å²) in [6, 6.07) is 1.91. The van der Waals surface area contributed by atoms with Gasteiger partial charge in [0.2, 0.25) is 10.0 Å². The Kier molecular flexibility index (Phi) is 5.81. The van der Waals surface area contributed by atoms with Crippen molar-refractivity contribution in [2.24, 2.45) is 0 Å². The molecule has 0 saturated heterocycles. The third kappa shape index (κ3) is 4.48. The van der Waals surface area contributed by atoms with Gasteiger partial charge in [-0.2, -0.15) is 4.72 Å². The number of nitrogens with one attached hydrogen (secondary N) is 1. The molecule has 1 atom stereocenters. The molecule has 8 nitrogen and oxygen atoms in total. The quantitative estimate of drug-likeness (QED) is 0.549. The number of hydrogen-bond donors (Lipinski definition) is 2. The third-order valence-electron chi connectivity index (χ3n) is 2.60. The van der Waals surface area contributed by atoms with Gasteiger partial charge in [-0.15, -0.1) is 0 Å². The molecule has 1 rings (SSSR count). The number of carboxylic acid groups (broad SMARTS) is 1. The summed E-state index contributed by atoms with van der Waals surface area (Å²) in [5.74, 6) is -1.28. The second kappa shape index (κ2) is 6.96. The average molecular weight is 381 g/mol. The van der Waals surface area contributed by atoms with Crippen LogP contribution in [0, 0.1) is 10.1 Å². The highest BCUT2D eigenvalue weighted by atomic mass is 79.9. The summed E-state index contributed by atoms with van der Waals surface area (Å²) in [6.07, 6.45) is 0.631. The van der Waals surface area contributed by atoms with Crippen molar-refractivity contribution >= 4 is 37.6 Å². The second-order valence-electron chi connectivity index (χ2n) is 4.17. The fraction of sp³-hybridized carbons (Fsp3) is 0.364. The van der Waals surface area contributed by atoms with Crippen LogP contribution in [0.2, 0.25) is 0 Å². The molecule has 0 amide bonds. The molecule has 2 N–H and O–H groups in total. The van der Waals surface area contributed by atoms with Crippen LogP contribution >= 0.6 is 15.9 Å². The summed E-state index contributed by atoms with van der Waals surface area (Å²) in [6.45, 7) is 1.73. The molecule has 0 radical (unpaired) electrons. The van der Waals surface area contributed by atoms with E-state index in [0.717, 1.165) is 18.2 Å². The number of sulfonamides is 1. The Morgan fingerprint density at radius 2 is 2.14 bits per heavy atom. The van der Waals surface area contributed by atoms with Crippen molar-refractivity contribution in [3.8, 4) is 0 Å². The standard InChI is InChI=1S/C11H13BrN2O6S/c1-2-3-9(11(15)16)13-21(19,20)7-4-5-10(14(17)18)8(12)6-7/h4-6,9,13H,2-3H2,1H3,(H,15,16). The zero-order chi connectivity index (χ0) is 16.2. The van der Waals surface area contributed by atoms with E-state index >= 15 is 0 Å². The highest BCUT2D eigenvalue weighted by Gasteiger charge is 2.26. The van der Waals surface area contributed by atoms with Crippen molar-refractivity contribution < 1.29 is 23.2 Å². The average Bonchev–Trinajstić information content (AvgIpc) is 2.37. The van der Waals surface area contributed by atoms with Crippen LogP contribution in [-0.2, 0) is 14.8 Å². The van der Waals surface area contributed by atoms with Gasteiger partial charge >= 0.3 is 5.97 Å². The van der Waals surface area contributed by atoms with E-state index in [-0.39, 0.29) is 21.5 Å². The predicted molar refractivity (Wildman–Crippen MR) is 77.4 cm³/mol. The lowest BCUT2D eigenvalue weighted by atomic mass is 10.2. The lowest BCUT2D eigenvalue weighted by Crippen LogP contribution is -2.40. The maximum atomic E-state index is 12.1. The normalized spacial score (nSPS) is 12.9. The topological polar surface area (TPSA) is 127 Å². The summed E-state index contributed by atoms with van der Waals surface area (Å²) in [7, 11) is -4.08. The third-order valence-corrected chi connectivity index (χ3v) is 4.70. The van der Waals surface area contributed by atoms with Gasteiger partial charge in [-0.3, -0.25) is 14.9 Å². The van der Waals surface area contributed by atoms with E-state index < -0.39 is 27.0 Å². The van der Waals surface area contributed by atoms with Crippen LogP contribution in [-0.4, -0.2) is 30.5 Å². The molecule has 0 saturated carbocycles. The molecule has 0 bridgehead atoms. The lowest BCUT2D eigenvalue weighted by molar-refractivity contribution is -0.385. The first-order valence-electron chi connectivity index (χ1n) is 5.88. The van der Waals surface area contributed by atoms with Gasteiger partial charge in [0.1, 0.15) is 6.04 Å². The van der Waals surface area contributed by atoms with Crippen LogP contribution in [0.1, 0.15) is 19.8 Å². The largest absolute Gasteiger partial charge is 0.480 e. The molecule has 1 unspecified atom stereocenters. The van der Waals surface area contributed by atoms with Crippen molar-refractivity contribution in [1.29, 1.82) is 0 Å². The molecular formula is C11H13BrN2O6S. The molecule has 0 aromatic heterocycles. The smallest absolute Gasteiger partial charge is 0.321 e. The first-order valence-corrected chi connectivity index (χ1v) is 8.15. The summed E-state index contributed by atoms with van der Waals surface area (Å²) >= 11 is 2.92. The first kappa shape index (κ1) is 17.5. The number of nitro benzene ring substituents is 1. The number of carbonyl (C=O) groups is 1. The van der Waals surface area contributed by atoms with Gasteiger partial charge in [0, 0.05) is 6.07 Å². The molecule has 116 valence electrons. The van der Waals surface area contributed by atoms with E-state index in [1.54, 1.807) is 6.92 Å². The Morgan fingerprint density at radius 3 is 2.57 bits per heavy atom. The number of rotatable bonds is 7. The Morgan fingerprint density at radius 1 is 1.52 bits per heavy atom. The van der Waals surface area contributed by atoms with E-state index in [1.165, 1.54) is 0 Å². The molecule has 0 aliphatic carbocycles. The van der Waals surface area contributed by atoms with Crippen molar-refractivity contribution in [3.63, 3.8) is 0 Å². The lowest BCUT2D eigenvalue weighted by Gasteiger charge is -2.14. The minimum atomic E-state index is -4.08. The van der Waals surface area contributed by atoms with E-state index in [0.29, 0.717) is 6.42 Å². The molecule has 21 heavy (non-hydrogen) atoms. The SMILES string of the molecule is CCCC(NS(=O)(=O)c1ccc([N+](=O)[O-])c(Br)c1)C(=O)O. The molecule has 1 aromatic rings. The van der Waals surface area contributed by atoms with Crippen LogP contribution in [0.25, 0.3) is 0 Å². The van der Waals surface area contributed by atoms with E-state index in [4.69, 9.17) is 5.11 Å². The van der Waals surface area contributed by atoms with Gasteiger partial charge < -0.3 is 5.11 Å². The van der Waals surface area contributed by atoms with Gasteiger partial charge in [-0.25, -0.2) is 8.42 Å². The summed E-state index contributed by atoms with van der Waals surface area (Å²) < 4.78 is 26.2. The molecular weight excluding hydrogens is 368 g/mol. The highest BCUT2D eigenvalue weighted by Crippen LogP contribution is 2.27.